The van der Waals surface area contributed by atoms with Gasteiger partial charge in [-0.2, -0.15) is 0 Å². The van der Waals surface area contributed by atoms with Crippen molar-refractivity contribution >= 4 is 11.7 Å². The van der Waals surface area contributed by atoms with Crippen LogP contribution < -0.4 is 10.6 Å². The normalized spacial score (nSPS) is 15.1. The van der Waals surface area contributed by atoms with Crippen molar-refractivity contribution in [3.8, 4) is 0 Å². The van der Waals surface area contributed by atoms with Crippen molar-refractivity contribution in [3.05, 3.63) is 29.8 Å². The molecule has 0 aliphatic heterocycles. The molecule has 0 saturated heterocycles. The van der Waals surface area contributed by atoms with Crippen LogP contribution in [-0.4, -0.2) is 12.1 Å². The van der Waals surface area contributed by atoms with Crippen molar-refractivity contribution in [2.75, 3.05) is 5.32 Å². The average Bonchev–Trinajstić information content (AvgIpc) is 2.27. The minimum atomic E-state index is -0.0711. The Morgan fingerprint density at radius 2 is 2.12 bits per heavy atom. The Labute approximate surface area is 103 Å². The fraction of sp³-hybridized carbons (Fsp3) is 0.500. The van der Waals surface area contributed by atoms with Gasteiger partial charge < -0.3 is 10.6 Å². The number of carbonyl (C=O) groups excluding carboxylic acids is 1. The lowest BCUT2D eigenvalue weighted by Gasteiger charge is -2.26. The molecule has 0 aromatic heterocycles. The third-order valence-electron chi connectivity index (χ3n) is 3.23. The summed E-state index contributed by atoms with van der Waals surface area (Å²) in [6.07, 6.45) is 5.55. The standard InChI is InChI=1S/C14H20N2O/c1-2-6-11-7-3-4-10-13(11)16-14(17)15-12-8-5-9-12/h3-4,7,10,12H,2,5-6,8-9H2,1H3,(H2,15,16,17). The van der Waals surface area contributed by atoms with Gasteiger partial charge in [-0.05, 0) is 37.3 Å². The zero-order valence-corrected chi connectivity index (χ0v) is 10.3. The zero-order valence-electron chi connectivity index (χ0n) is 10.3. The Kier molecular flexibility index (Phi) is 4.02. The molecular weight excluding hydrogens is 212 g/mol. The third-order valence-corrected chi connectivity index (χ3v) is 3.23. The molecule has 1 aromatic rings. The van der Waals surface area contributed by atoms with E-state index in [2.05, 4.69) is 23.6 Å². The van der Waals surface area contributed by atoms with E-state index in [0.29, 0.717) is 6.04 Å². The maximum atomic E-state index is 11.7. The van der Waals surface area contributed by atoms with Crippen LogP contribution in [0.4, 0.5) is 10.5 Å². The van der Waals surface area contributed by atoms with E-state index in [1.165, 1.54) is 12.0 Å². The molecule has 0 radical (unpaired) electrons. The molecular formula is C14H20N2O. The lowest BCUT2D eigenvalue weighted by molar-refractivity contribution is 0.240. The van der Waals surface area contributed by atoms with Gasteiger partial charge in [0.1, 0.15) is 0 Å². The molecule has 0 spiro atoms. The second kappa shape index (κ2) is 5.71. The van der Waals surface area contributed by atoms with Crippen molar-refractivity contribution in [3.63, 3.8) is 0 Å². The van der Waals surface area contributed by atoms with Crippen molar-refractivity contribution in [1.29, 1.82) is 0 Å². The molecule has 1 aliphatic carbocycles. The average molecular weight is 232 g/mol. The van der Waals surface area contributed by atoms with E-state index in [1.54, 1.807) is 0 Å². The predicted octanol–water partition coefficient (Wildman–Crippen LogP) is 3.31. The van der Waals surface area contributed by atoms with Gasteiger partial charge in [-0.1, -0.05) is 31.5 Å². The SMILES string of the molecule is CCCc1ccccc1NC(=O)NC1CCC1. The molecule has 0 unspecified atom stereocenters. The minimum Gasteiger partial charge on any atom is -0.335 e. The Hall–Kier alpha value is -1.51. The molecule has 2 rings (SSSR count). The summed E-state index contributed by atoms with van der Waals surface area (Å²) in [7, 11) is 0. The number of aryl methyl sites for hydroxylation is 1. The second-order valence-electron chi connectivity index (χ2n) is 4.63. The van der Waals surface area contributed by atoms with Gasteiger partial charge in [0.2, 0.25) is 0 Å². The predicted molar refractivity (Wildman–Crippen MR) is 70.2 cm³/mol. The summed E-state index contributed by atoms with van der Waals surface area (Å²) in [6, 6.07) is 8.32. The number of benzene rings is 1. The summed E-state index contributed by atoms with van der Waals surface area (Å²) in [5.41, 5.74) is 2.14. The highest BCUT2D eigenvalue weighted by atomic mass is 16.2. The summed E-state index contributed by atoms with van der Waals surface area (Å²) in [4.78, 5) is 11.7. The maximum Gasteiger partial charge on any atom is 0.319 e. The Morgan fingerprint density at radius 3 is 2.76 bits per heavy atom. The maximum absolute atomic E-state index is 11.7. The first kappa shape index (κ1) is 12.0. The molecule has 0 heterocycles. The van der Waals surface area contributed by atoms with Crippen LogP contribution in [0.25, 0.3) is 0 Å². The fourth-order valence-electron chi connectivity index (χ4n) is 2.03. The fourth-order valence-corrected chi connectivity index (χ4v) is 2.03. The first-order valence-electron chi connectivity index (χ1n) is 6.45. The highest BCUT2D eigenvalue weighted by Crippen LogP contribution is 2.19. The molecule has 1 aliphatic rings. The number of hydrogen-bond donors (Lipinski definition) is 2. The molecule has 1 aromatic carbocycles. The number of rotatable bonds is 4. The lowest BCUT2D eigenvalue weighted by Crippen LogP contribution is -2.41. The van der Waals surface area contributed by atoms with Crippen LogP contribution in [0.1, 0.15) is 38.2 Å². The van der Waals surface area contributed by atoms with Crippen LogP contribution in [-0.2, 0) is 6.42 Å². The molecule has 2 N–H and O–H groups in total. The van der Waals surface area contributed by atoms with E-state index in [-0.39, 0.29) is 6.03 Å². The van der Waals surface area contributed by atoms with Gasteiger partial charge in [0.05, 0.1) is 0 Å². The van der Waals surface area contributed by atoms with E-state index in [4.69, 9.17) is 0 Å². The van der Waals surface area contributed by atoms with E-state index in [9.17, 15) is 4.79 Å². The van der Waals surface area contributed by atoms with Crippen molar-refractivity contribution in [1.82, 2.24) is 5.32 Å². The number of carbonyl (C=O) groups is 1. The van der Waals surface area contributed by atoms with Crippen LogP contribution >= 0.6 is 0 Å². The highest BCUT2D eigenvalue weighted by Gasteiger charge is 2.19. The minimum absolute atomic E-state index is 0.0711. The van der Waals surface area contributed by atoms with E-state index in [1.807, 2.05) is 18.2 Å². The second-order valence-corrected chi connectivity index (χ2v) is 4.63. The van der Waals surface area contributed by atoms with Crippen molar-refractivity contribution in [2.45, 2.75) is 45.1 Å². The summed E-state index contributed by atoms with van der Waals surface area (Å²) >= 11 is 0. The van der Waals surface area contributed by atoms with E-state index >= 15 is 0 Å². The smallest absolute Gasteiger partial charge is 0.319 e. The summed E-state index contributed by atoms with van der Waals surface area (Å²) in [6.45, 7) is 2.14. The van der Waals surface area contributed by atoms with Gasteiger partial charge in [0.15, 0.2) is 0 Å². The number of amides is 2. The van der Waals surface area contributed by atoms with Crippen LogP contribution in [0.2, 0.25) is 0 Å². The highest BCUT2D eigenvalue weighted by molar-refractivity contribution is 5.90. The monoisotopic (exact) mass is 232 g/mol. The van der Waals surface area contributed by atoms with Crippen LogP contribution in [0.15, 0.2) is 24.3 Å². The zero-order chi connectivity index (χ0) is 12.1. The number of hydrogen-bond acceptors (Lipinski definition) is 1. The first-order valence-corrected chi connectivity index (χ1v) is 6.45. The molecule has 3 heteroatoms. The van der Waals surface area contributed by atoms with E-state index in [0.717, 1.165) is 31.4 Å². The number of nitrogens with one attached hydrogen (secondary N) is 2. The molecule has 0 atom stereocenters. The molecule has 2 amide bonds. The van der Waals surface area contributed by atoms with E-state index < -0.39 is 0 Å². The van der Waals surface area contributed by atoms with Crippen molar-refractivity contribution in [2.24, 2.45) is 0 Å². The molecule has 1 fully saturated rings. The number of anilines is 1. The number of urea groups is 1. The Morgan fingerprint density at radius 1 is 1.35 bits per heavy atom. The van der Waals surface area contributed by atoms with Gasteiger partial charge in [-0.15, -0.1) is 0 Å². The molecule has 3 nitrogen and oxygen atoms in total. The quantitative estimate of drug-likeness (QED) is 0.821. The van der Waals surface area contributed by atoms with Crippen LogP contribution in [0, 0.1) is 0 Å². The van der Waals surface area contributed by atoms with Crippen LogP contribution in [0.5, 0.6) is 0 Å². The van der Waals surface area contributed by atoms with Gasteiger partial charge in [0.25, 0.3) is 0 Å². The Bertz CT molecular complexity index is 386. The Balaban J connectivity index is 1.94. The summed E-state index contributed by atoms with van der Waals surface area (Å²) in [5.74, 6) is 0. The summed E-state index contributed by atoms with van der Waals surface area (Å²) < 4.78 is 0. The van der Waals surface area contributed by atoms with Crippen LogP contribution in [0.3, 0.4) is 0 Å². The molecule has 0 bridgehead atoms. The van der Waals surface area contributed by atoms with Gasteiger partial charge in [0, 0.05) is 11.7 Å². The molecule has 92 valence electrons. The molecule has 17 heavy (non-hydrogen) atoms. The molecule has 1 saturated carbocycles. The first-order chi connectivity index (χ1) is 8.29. The largest absolute Gasteiger partial charge is 0.335 e. The van der Waals surface area contributed by atoms with Gasteiger partial charge in [-0.25, -0.2) is 4.79 Å². The summed E-state index contributed by atoms with van der Waals surface area (Å²) in [5, 5.41) is 5.93. The topological polar surface area (TPSA) is 41.1 Å². The third kappa shape index (κ3) is 3.22. The van der Waals surface area contributed by atoms with Crippen molar-refractivity contribution < 1.29 is 4.79 Å². The van der Waals surface area contributed by atoms with Gasteiger partial charge >= 0.3 is 6.03 Å². The van der Waals surface area contributed by atoms with Gasteiger partial charge in [-0.3, -0.25) is 0 Å². The number of para-hydroxylation sites is 1. The lowest BCUT2D eigenvalue weighted by atomic mass is 9.93.